The summed E-state index contributed by atoms with van der Waals surface area (Å²) in [5.74, 6) is 0.442. The highest BCUT2D eigenvalue weighted by Gasteiger charge is 2.14. The number of benzene rings is 1. The minimum Gasteiger partial charge on any atom is -0.322 e. The summed E-state index contributed by atoms with van der Waals surface area (Å²) in [6.07, 6.45) is 3.56. The molecular weight excluding hydrogens is 312 g/mol. The molecule has 6 heteroatoms. The first-order valence-corrected chi connectivity index (χ1v) is 7.31. The molecule has 2 heterocycles. The van der Waals surface area contributed by atoms with Crippen molar-refractivity contribution in [1.29, 1.82) is 0 Å². The molecule has 3 nitrogen and oxygen atoms in total. The number of imidazole rings is 1. The summed E-state index contributed by atoms with van der Waals surface area (Å²) in [5, 5.41) is 0.0766. The Balaban J connectivity index is 2.16. The number of alkyl halides is 1. The van der Waals surface area contributed by atoms with Crippen molar-refractivity contribution in [2.24, 2.45) is 0 Å². The van der Waals surface area contributed by atoms with Gasteiger partial charge in [0.05, 0.1) is 28.5 Å². The Labute approximate surface area is 131 Å². The van der Waals surface area contributed by atoms with Crippen LogP contribution < -0.4 is 0 Å². The summed E-state index contributed by atoms with van der Waals surface area (Å²) < 4.78 is 15.5. The van der Waals surface area contributed by atoms with E-state index in [2.05, 4.69) is 9.97 Å². The molecule has 3 aromatic rings. The lowest BCUT2D eigenvalue weighted by atomic mass is 10.1. The third kappa shape index (κ3) is 2.61. The maximum atomic E-state index is 13.6. The topological polar surface area (TPSA) is 30.7 Å². The molecule has 0 saturated carbocycles. The van der Waals surface area contributed by atoms with Crippen molar-refractivity contribution >= 4 is 34.2 Å². The molecule has 0 radical (unpaired) electrons. The van der Waals surface area contributed by atoms with Crippen LogP contribution in [-0.2, 0) is 12.4 Å². The van der Waals surface area contributed by atoms with E-state index in [4.69, 9.17) is 23.2 Å². The fourth-order valence-corrected chi connectivity index (χ4v) is 2.64. The molecule has 0 atom stereocenters. The number of rotatable bonds is 3. The molecule has 108 valence electrons. The van der Waals surface area contributed by atoms with Crippen LogP contribution in [0.15, 0.2) is 30.6 Å². The van der Waals surface area contributed by atoms with Gasteiger partial charge in [-0.15, -0.1) is 11.6 Å². The van der Waals surface area contributed by atoms with Gasteiger partial charge >= 0.3 is 0 Å². The Morgan fingerprint density at radius 2 is 2.14 bits per heavy atom. The first-order valence-electron chi connectivity index (χ1n) is 6.39. The van der Waals surface area contributed by atoms with Gasteiger partial charge in [0.1, 0.15) is 11.6 Å². The third-order valence-corrected chi connectivity index (χ3v) is 3.99. The van der Waals surface area contributed by atoms with Crippen molar-refractivity contribution in [3.05, 3.63) is 58.4 Å². The van der Waals surface area contributed by atoms with Gasteiger partial charge in [0.15, 0.2) is 0 Å². The highest BCUT2D eigenvalue weighted by Crippen LogP contribution is 2.25. The van der Waals surface area contributed by atoms with Crippen LogP contribution in [-0.4, -0.2) is 14.5 Å². The van der Waals surface area contributed by atoms with Gasteiger partial charge < -0.3 is 4.57 Å². The number of fused-ring (bicyclic) bond motifs is 1. The van der Waals surface area contributed by atoms with Crippen LogP contribution in [0.4, 0.5) is 4.39 Å². The molecule has 0 aliphatic heterocycles. The van der Waals surface area contributed by atoms with E-state index in [9.17, 15) is 4.39 Å². The van der Waals surface area contributed by atoms with Gasteiger partial charge in [-0.3, -0.25) is 4.98 Å². The van der Waals surface area contributed by atoms with Crippen molar-refractivity contribution in [2.45, 2.75) is 19.3 Å². The van der Waals surface area contributed by atoms with E-state index >= 15 is 0 Å². The SMILES string of the molecule is Cc1ccncc1Cn1c(CCl)nc2cc(F)c(Cl)cc21. The quantitative estimate of drug-likeness (QED) is 0.672. The number of nitrogens with zero attached hydrogens (tertiary/aromatic N) is 3. The molecular formula is C15H12Cl2FN3. The summed E-state index contributed by atoms with van der Waals surface area (Å²) >= 11 is 11.8. The molecule has 0 spiro atoms. The van der Waals surface area contributed by atoms with Gasteiger partial charge in [-0.2, -0.15) is 0 Å². The van der Waals surface area contributed by atoms with E-state index in [-0.39, 0.29) is 10.9 Å². The molecule has 2 aromatic heterocycles. The zero-order valence-corrected chi connectivity index (χ0v) is 12.8. The Kier molecular flexibility index (Phi) is 3.83. The zero-order chi connectivity index (χ0) is 15.0. The summed E-state index contributed by atoms with van der Waals surface area (Å²) in [5.41, 5.74) is 3.50. The molecule has 0 unspecified atom stereocenters. The van der Waals surface area contributed by atoms with E-state index < -0.39 is 5.82 Å². The van der Waals surface area contributed by atoms with Crippen molar-refractivity contribution in [3.8, 4) is 0 Å². The van der Waals surface area contributed by atoms with Crippen LogP contribution in [0, 0.1) is 12.7 Å². The first kappa shape index (κ1) is 14.3. The predicted molar refractivity (Wildman–Crippen MR) is 82.3 cm³/mol. The van der Waals surface area contributed by atoms with Crippen molar-refractivity contribution in [1.82, 2.24) is 14.5 Å². The monoisotopic (exact) mass is 323 g/mol. The van der Waals surface area contributed by atoms with Crippen LogP contribution in [0.1, 0.15) is 17.0 Å². The fraction of sp³-hybridized carbons (Fsp3) is 0.200. The lowest BCUT2D eigenvalue weighted by molar-refractivity contribution is 0.629. The van der Waals surface area contributed by atoms with E-state index in [1.54, 1.807) is 12.3 Å². The summed E-state index contributed by atoms with van der Waals surface area (Å²) in [6.45, 7) is 2.59. The summed E-state index contributed by atoms with van der Waals surface area (Å²) in [7, 11) is 0. The molecule has 21 heavy (non-hydrogen) atoms. The number of halogens is 3. The maximum absolute atomic E-state index is 13.6. The average molecular weight is 324 g/mol. The minimum atomic E-state index is -0.479. The van der Waals surface area contributed by atoms with Gasteiger partial charge in [0, 0.05) is 18.5 Å². The lowest BCUT2D eigenvalue weighted by Gasteiger charge is -2.10. The van der Waals surface area contributed by atoms with Crippen molar-refractivity contribution in [3.63, 3.8) is 0 Å². The van der Waals surface area contributed by atoms with Crippen LogP contribution in [0.5, 0.6) is 0 Å². The molecule has 0 bridgehead atoms. The van der Waals surface area contributed by atoms with Crippen LogP contribution >= 0.6 is 23.2 Å². The summed E-state index contributed by atoms with van der Waals surface area (Å²) in [4.78, 5) is 8.51. The Morgan fingerprint density at radius 3 is 2.86 bits per heavy atom. The molecule has 1 aromatic carbocycles. The number of hydrogen-bond donors (Lipinski definition) is 0. The van der Waals surface area contributed by atoms with E-state index in [1.165, 1.54) is 6.07 Å². The van der Waals surface area contributed by atoms with Gasteiger partial charge in [0.2, 0.25) is 0 Å². The number of aromatic nitrogens is 3. The zero-order valence-electron chi connectivity index (χ0n) is 11.3. The van der Waals surface area contributed by atoms with Crippen LogP contribution in [0.2, 0.25) is 5.02 Å². The molecule has 0 N–H and O–H groups in total. The second-order valence-electron chi connectivity index (χ2n) is 4.80. The number of hydrogen-bond acceptors (Lipinski definition) is 2. The van der Waals surface area contributed by atoms with Crippen molar-refractivity contribution < 1.29 is 4.39 Å². The largest absolute Gasteiger partial charge is 0.322 e. The molecule has 0 amide bonds. The number of pyridine rings is 1. The lowest BCUT2D eigenvalue weighted by Crippen LogP contribution is -2.05. The van der Waals surface area contributed by atoms with Crippen LogP contribution in [0.3, 0.4) is 0 Å². The van der Waals surface area contributed by atoms with Gasteiger partial charge in [-0.25, -0.2) is 9.37 Å². The maximum Gasteiger partial charge on any atom is 0.144 e. The molecule has 0 saturated heterocycles. The number of aryl methyl sites for hydroxylation is 1. The Hall–Kier alpha value is -1.65. The third-order valence-electron chi connectivity index (χ3n) is 3.46. The van der Waals surface area contributed by atoms with E-state index in [0.717, 1.165) is 16.6 Å². The molecule has 0 fully saturated rings. The highest BCUT2D eigenvalue weighted by molar-refractivity contribution is 6.31. The van der Waals surface area contributed by atoms with E-state index in [0.29, 0.717) is 17.9 Å². The van der Waals surface area contributed by atoms with E-state index in [1.807, 2.05) is 23.8 Å². The van der Waals surface area contributed by atoms with Gasteiger partial charge in [-0.05, 0) is 30.2 Å². The highest BCUT2D eigenvalue weighted by atomic mass is 35.5. The Morgan fingerprint density at radius 1 is 1.33 bits per heavy atom. The smallest absolute Gasteiger partial charge is 0.144 e. The summed E-state index contributed by atoms with van der Waals surface area (Å²) in [6, 6.07) is 4.86. The molecule has 0 aliphatic rings. The minimum absolute atomic E-state index is 0.0766. The average Bonchev–Trinajstić information content (AvgIpc) is 2.79. The standard InChI is InChI=1S/C15H12Cl2FN3/c1-9-2-3-19-7-10(9)8-21-14-4-11(17)12(18)5-13(14)20-15(21)6-16/h2-5,7H,6,8H2,1H3. The normalized spacial score (nSPS) is 11.2. The second-order valence-corrected chi connectivity index (χ2v) is 5.48. The molecule has 0 aliphatic carbocycles. The van der Waals surface area contributed by atoms with Gasteiger partial charge in [0.25, 0.3) is 0 Å². The first-order chi connectivity index (χ1) is 10.1. The predicted octanol–water partition coefficient (Wildman–Crippen LogP) is 4.32. The fourth-order valence-electron chi connectivity index (χ4n) is 2.28. The van der Waals surface area contributed by atoms with Crippen LogP contribution in [0.25, 0.3) is 11.0 Å². The second kappa shape index (κ2) is 5.62. The van der Waals surface area contributed by atoms with Crippen molar-refractivity contribution in [2.75, 3.05) is 0 Å². The van der Waals surface area contributed by atoms with Gasteiger partial charge in [-0.1, -0.05) is 11.6 Å². The Bertz CT molecular complexity index is 814. The molecule has 3 rings (SSSR count).